The van der Waals surface area contributed by atoms with E-state index in [0.717, 1.165) is 5.56 Å². The monoisotopic (exact) mass is 197 g/mol. The molecule has 2 N–H and O–H groups in total. The zero-order chi connectivity index (χ0) is 10.5. The number of hydrogen-bond donors (Lipinski definition) is 1. The summed E-state index contributed by atoms with van der Waals surface area (Å²) >= 11 is 0. The number of nitrogens with two attached hydrogens (primary N) is 1. The second kappa shape index (κ2) is 4.37. The SMILES string of the molecule is Nc1cccnc1/N=C/c1ccccc1. The fourth-order valence-corrected chi connectivity index (χ4v) is 1.19. The minimum atomic E-state index is 0.557. The second-order valence-electron chi connectivity index (χ2n) is 3.09. The van der Waals surface area contributed by atoms with Crippen molar-refractivity contribution >= 4 is 17.7 Å². The number of rotatable bonds is 2. The van der Waals surface area contributed by atoms with Gasteiger partial charge in [0.15, 0.2) is 5.82 Å². The Bertz CT molecular complexity index is 463. The average molecular weight is 197 g/mol. The fourth-order valence-electron chi connectivity index (χ4n) is 1.19. The number of nitrogens with zero attached hydrogens (tertiary/aromatic N) is 2. The summed E-state index contributed by atoms with van der Waals surface area (Å²) in [5.74, 6) is 0.557. The Morgan fingerprint density at radius 1 is 1.07 bits per heavy atom. The van der Waals surface area contributed by atoms with Gasteiger partial charge in [0.05, 0.1) is 5.69 Å². The first-order chi connectivity index (χ1) is 7.36. The lowest BCUT2D eigenvalue weighted by Gasteiger charge is -1.96. The quantitative estimate of drug-likeness (QED) is 0.751. The van der Waals surface area contributed by atoms with Crippen LogP contribution in [0, 0.1) is 0 Å². The summed E-state index contributed by atoms with van der Waals surface area (Å²) in [7, 11) is 0. The van der Waals surface area contributed by atoms with Crippen molar-refractivity contribution < 1.29 is 0 Å². The van der Waals surface area contributed by atoms with Crippen molar-refractivity contribution in [2.45, 2.75) is 0 Å². The Hall–Kier alpha value is -2.16. The first-order valence-corrected chi connectivity index (χ1v) is 4.66. The van der Waals surface area contributed by atoms with Crippen LogP contribution in [-0.4, -0.2) is 11.2 Å². The zero-order valence-electron chi connectivity index (χ0n) is 8.17. The molecule has 15 heavy (non-hydrogen) atoms. The number of benzene rings is 1. The molecule has 1 heterocycles. The van der Waals surface area contributed by atoms with Crippen LogP contribution in [-0.2, 0) is 0 Å². The number of nitrogen functional groups attached to an aromatic ring is 1. The molecule has 0 fully saturated rings. The lowest BCUT2D eigenvalue weighted by Crippen LogP contribution is -1.87. The zero-order valence-corrected chi connectivity index (χ0v) is 8.17. The van der Waals surface area contributed by atoms with E-state index in [9.17, 15) is 0 Å². The van der Waals surface area contributed by atoms with Gasteiger partial charge < -0.3 is 5.73 Å². The molecule has 3 heteroatoms. The molecule has 0 amide bonds. The molecule has 2 aromatic rings. The van der Waals surface area contributed by atoms with Gasteiger partial charge in [0.25, 0.3) is 0 Å². The minimum absolute atomic E-state index is 0.557. The molecule has 0 saturated heterocycles. The third-order valence-electron chi connectivity index (χ3n) is 1.95. The highest BCUT2D eigenvalue weighted by Gasteiger charge is 1.94. The van der Waals surface area contributed by atoms with Crippen molar-refractivity contribution in [2.24, 2.45) is 4.99 Å². The molecule has 0 bridgehead atoms. The summed E-state index contributed by atoms with van der Waals surface area (Å²) in [6.07, 6.45) is 3.42. The minimum Gasteiger partial charge on any atom is -0.396 e. The molecule has 0 atom stereocenters. The summed E-state index contributed by atoms with van der Waals surface area (Å²) < 4.78 is 0. The van der Waals surface area contributed by atoms with Gasteiger partial charge in [-0.05, 0) is 17.7 Å². The van der Waals surface area contributed by atoms with E-state index in [-0.39, 0.29) is 0 Å². The van der Waals surface area contributed by atoms with Gasteiger partial charge in [-0.1, -0.05) is 30.3 Å². The van der Waals surface area contributed by atoms with E-state index in [0.29, 0.717) is 11.5 Å². The van der Waals surface area contributed by atoms with Crippen molar-refractivity contribution in [1.29, 1.82) is 0 Å². The van der Waals surface area contributed by atoms with E-state index >= 15 is 0 Å². The molecule has 74 valence electrons. The highest BCUT2D eigenvalue weighted by molar-refractivity contribution is 5.82. The Kier molecular flexibility index (Phi) is 2.74. The van der Waals surface area contributed by atoms with Gasteiger partial charge in [0.2, 0.25) is 0 Å². The van der Waals surface area contributed by atoms with E-state index in [4.69, 9.17) is 5.73 Å². The molecule has 0 radical (unpaired) electrons. The lowest BCUT2D eigenvalue weighted by molar-refractivity contribution is 1.28. The number of anilines is 1. The summed E-state index contributed by atoms with van der Waals surface area (Å²) in [6.45, 7) is 0. The molecular weight excluding hydrogens is 186 g/mol. The van der Waals surface area contributed by atoms with Gasteiger partial charge in [-0.25, -0.2) is 9.98 Å². The molecule has 0 saturated carbocycles. The van der Waals surface area contributed by atoms with Crippen LogP contribution < -0.4 is 5.73 Å². The maximum Gasteiger partial charge on any atom is 0.175 e. The van der Waals surface area contributed by atoms with Gasteiger partial charge in [0, 0.05) is 12.4 Å². The summed E-state index contributed by atoms with van der Waals surface area (Å²) in [6, 6.07) is 13.4. The smallest absolute Gasteiger partial charge is 0.175 e. The van der Waals surface area contributed by atoms with Crippen LogP contribution in [0.25, 0.3) is 0 Å². The molecule has 0 spiro atoms. The van der Waals surface area contributed by atoms with Crippen LogP contribution >= 0.6 is 0 Å². The summed E-state index contributed by atoms with van der Waals surface area (Å²) in [5.41, 5.74) is 7.33. The molecule has 2 rings (SSSR count). The number of aliphatic imine (C=N–C) groups is 1. The Labute approximate surface area is 88.3 Å². The first-order valence-electron chi connectivity index (χ1n) is 4.66. The number of pyridine rings is 1. The molecule has 0 aliphatic rings. The van der Waals surface area contributed by atoms with E-state index < -0.39 is 0 Å². The van der Waals surface area contributed by atoms with Crippen LogP contribution in [0.15, 0.2) is 53.7 Å². The number of aromatic nitrogens is 1. The standard InChI is InChI=1S/C12H11N3/c13-11-7-4-8-14-12(11)15-9-10-5-2-1-3-6-10/h1-9H,13H2/b15-9+. The third kappa shape index (κ3) is 2.40. The molecule has 0 unspecified atom stereocenters. The predicted octanol–water partition coefficient (Wildman–Crippen LogP) is 2.41. The van der Waals surface area contributed by atoms with E-state index in [1.807, 2.05) is 30.3 Å². The van der Waals surface area contributed by atoms with Gasteiger partial charge in [0.1, 0.15) is 0 Å². The average Bonchev–Trinajstić information content (AvgIpc) is 2.29. The van der Waals surface area contributed by atoms with Crippen LogP contribution in [0.3, 0.4) is 0 Å². The van der Waals surface area contributed by atoms with Crippen LogP contribution in [0.5, 0.6) is 0 Å². The third-order valence-corrected chi connectivity index (χ3v) is 1.95. The predicted molar refractivity (Wildman–Crippen MR) is 62.3 cm³/mol. The van der Waals surface area contributed by atoms with Crippen molar-refractivity contribution in [3.63, 3.8) is 0 Å². The molecule has 1 aromatic heterocycles. The lowest BCUT2D eigenvalue weighted by atomic mass is 10.2. The Morgan fingerprint density at radius 3 is 2.60 bits per heavy atom. The van der Waals surface area contributed by atoms with Crippen molar-refractivity contribution in [1.82, 2.24) is 4.98 Å². The summed E-state index contributed by atoms with van der Waals surface area (Å²) in [4.78, 5) is 8.29. The molecule has 3 nitrogen and oxygen atoms in total. The van der Waals surface area contributed by atoms with Crippen LogP contribution in [0.1, 0.15) is 5.56 Å². The highest BCUT2D eigenvalue weighted by atomic mass is 14.9. The maximum absolute atomic E-state index is 5.71. The van der Waals surface area contributed by atoms with Gasteiger partial charge in [-0.3, -0.25) is 0 Å². The maximum atomic E-state index is 5.71. The van der Waals surface area contributed by atoms with Crippen LogP contribution in [0.2, 0.25) is 0 Å². The van der Waals surface area contributed by atoms with E-state index in [1.165, 1.54) is 0 Å². The molecular formula is C12H11N3. The molecule has 0 aliphatic heterocycles. The molecule has 0 aliphatic carbocycles. The van der Waals surface area contributed by atoms with E-state index in [1.54, 1.807) is 24.5 Å². The van der Waals surface area contributed by atoms with Gasteiger partial charge in [-0.15, -0.1) is 0 Å². The molecule has 1 aromatic carbocycles. The van der Waals surface area contributed by atoms with Gasteiger partial charge in [-0.2, -0.15) is 0 Å². The highest BCUT2D eigenvalue weighted by Crippen LogP contribution is 2.16. The van der Waals surface area contributed by atoms with Gasteiger partial charge >= 0.3 is 0 Å². The summed E-state index contributed by atoms with van der Waals surface area (Å²) in [5, 5.41) is 0. The largest absolute Gasteiger partial charge is 0.396 e. The van der Waals surface area contributed by atoms with Crippen molar-refractivity contribution in [3.8, 4) is 0 Å². The van der Waals surface area contributed by atoms with E-state index in [2.05, 4.69) is 9.98 Å². The second-order valence-corrected chi connectivity index (χ2v) is 3.09. The fraction of sp³-hybridized carbons (Fsp3) is 0. The topological polar surface area (TPSA) is 51.3 Å². The normalized spacial score (nSPS) is 10.7. The Balaban J connectivity index is 2.23. The first kappa shape index (κ1) is 9.40. The number of hydrogen-bond acceptors (Lipinski definition) is 3. The van der Waals surface area contributed by atoms with Crippen molar-refractivity contribution in [2.75, 3.05) is 5.73 Å². The van der Waals surface area contributed by atoms with Crippen LogP contribution in [0.4, 0.5) is 11.5 Å². The van der Waals surface area contributed by atoms with Crippen molar-refractivity contribution in [3.05, 3.63) is 54.2 Å². The Morgan fingerprint density at radius 2 is 1.87 bits per heavy atom.